The van der Waals surface area contributed by atoms with Crippen molar-refractivity contribution in [3.63, 3.8) is 0 Å². The number of unbranched alkanes of at least 4 members (excludes halogenated alkanes) is 3. The average Bonchev–Trinajstić information content (AvgIpc) is 3.08. The maximum atomic E-state index is 12.2. The van der Waals surface area contributed by atoms with Gasteiger partial charge in [0.15, 0.2) is 12.6 Å². The fourth-order valence-electron chi connectivity index (χ4n) is 4.40. The highest BCUT2D eigenvalue weighted by Gasteiger charge is 2.03. The number of ether oxygens (including phenoxy) is 5. The third kappa shape index (κ3) is 12.4. The molecule has 0 unspecified atom stereocenters. The first-order valence-corrected chi connectivity index (χ1v) is 15.4. The molecule has 0 aromatic heterocycles. The van der Waals surface area contributed by atoms with Crippen LogP contribution in [0.15, 0.2) is 122 Å². The lowest BCUT2D eigenvalue weighted by molar-refractivity contribution is -0.0234. The van der Waals surface area contributed by atoms with Gasteiger partial charge in [0.05, 0.1) is 19.0 Å². The maximum Gasteiger partial charge on any atom is 0.188 e. The van der Waals surface area contributed by atoms with Gasteiger partial charge in [-0.15, -0.1) is 0 Å². The van der Waals surface area contributed by atoms with Crippen molar-refractivity contribution in [2.75, 3.05) is 33.2 Å². The summed E-state index contributed by atoms with van der Waals surface area (Å²) in [7, 11) is 0. The first-order valence-electron chi connectivity index (χ1n) is 15.4. The van der Waals surface area contributed by atoms with Crippen LogP contribution < -0.4 is 14.2 Å². The second-order valence-corrected chi connectivity index (χ2v) is 10.5. The van der Waals surface area contributed by atoms with Crippen LogP contribution in [0.3, 0.4) is 0 Å². The predicted octanol–water partition coefficient (Wildman–Crippen LogP) is 9.17. The lowest BCUT2D eigenvalue weighted by Gasteiger charge is -2.10. The molecule has 0 aliphatic heterocycles. The van der Waals surface area contributed by atoms with E-state index in [1.807, 2.05) is 85.8 Å². The standard InChI is InChI=1S/C39H42O6/c1-31(2)45-30-41-26-8-3-4-9-27-42-37-21-15-33(16-22-37)34-17-23-38(24-18-34)44-29-28-43-36-19-12-32(13-20-36)14-25-39(40)35-10-6-5-7-11-35/h5-7,10-25H,1,3-4,8-9,26-30H2,2H3. The average molecular weight is 607 g/mol. The second kappa shape index (κ2) is 18.8. The van der Waals surface area contributed by atoms with Crippen molar-refractivity contribution >= 4 is 11.9 Å². The van der Waals surface area contributed by atoms with E-state index in [2.05, 4.69) is 30.8 Å². The molecule has 0 radical (unpaired) electrons. The number of hydrogen-bond donors (Lipinski definition) is 0. The van der Waals surface area contributed by atoms with Gasteiger partial charge in [0.2, 0.25) is 0 Å². The zero-order chi connectivity index (χ0) is 31.5. The van der Waals surface area contributed by atoms with Gasteiger partial charge in [0.25, 0.3) is 0 Å². The van der Waals surface area contributed by atoms with Gasteiger partial charge in [0.1, 0.15) is 30.5 Å². The van der Waals surface area contributed by atoms with E-state index >= 15 is 0 Å². The quantitative estimate of drug-likeness (QED) is 0.0329. The molecule has 0 amide bonds. The lowest BCUT2D eigenvalue weighted by Crippen LogP contribution is -2.08. The maximum absolute atomic E-state index is 12.2. The molecule has 45 heavy (non-hydrogen) atoms. The van der Waals surface area contributed by atoms with Gasteiger partial charge in [-0.05, 0) is 85.4 Å². The highest BCUT2D eigenvalue weighted by atomic mass is 16.7. The van der Waals surface area contributed by atoms with Crippen LogP contribution in [-0.4, -0.2) is 39.0 Å². The molecule has 0 spiro atoms. The first-order chi connectivity index (χ1) is 22.1. The Labute approximate surface area is 266 Å². The van der Waals surface area contributed by atoms with E-state index in [9.17, 15) is 4.79 Å². The zero-order valence-electron chi connectivity index (χ0n) is 26.0. The zero-order valence-corrected chi connectivity index (χ0v) is 26.0. The van der Waals surface area contributed by atoms with Crippen molar-refractivity contribution in [2.45, 2.75) is 32.6 Å². The van der Waals surface area contributed by atoms with Crippen LogP contribution >= 0.6 is 0 Å². The fraction of sp³-hybridized carbons (Fsp3) is 0.256. The van der Waals surface area contributed by atoms with Crippen molar-refractivity contribution < 1.29 is 28.5 Å². The summed E-state index contributed by atoms with van der Waals surface area (Å²) in [6, 6.07) is 33.1. The van der Waals surface area contributed by atoms with E-state index in [-0.39, 0.29) is 12.6 Å². The van der Waals surface area contributed by atoms with E-state index in [4.69, 9.17) is 23.7 Å². The second-order valence-electron chi connectivity index (χ2n) is 10.5. The summed E-state index contributed by atoms with van der Waals surface area (Å²) >= 11 is 0. The molecular weight excluding hydrogens is 564 g/mol. The number of ketones is 1. The van der Waals surface area contributed by atoms with Crippen molar-refractivity contribution in [1.82, 2.24) is 0 Å². The van der Waals surface area contributed by atoms with Crippen LogP contribution in [-0.2, 0) is 9.47 Å². The Morgan fingerprint density at radius 1 is 0.622 bits per heavy atom. The van der Waals surface area contributed by atoms with Gasteiger partial charge in [-0.1, -0.05) is 85.8 Å². The third-order valence-electron chi connectivity index (χ3n) is 6.87. The minimum atomic E-state index is -0.0220. The summed E-state index contributed by atoms with van der Waals surface area (Å²) in [6.45, 7) is 8.01. The van der Waals surface area contributed by atoms with Crippen LogP contribution in [0.4, 0.5) is 0 Å². The molecule has 6 nitrogen and oxygen atoms in total. The molecule has 4 rings (SSSR count). The smallest absolute Gasteiger partial charge is 0.188 e. The summed E-state index contributed by atoms with van der Waals surface area (Å²) in [5, 5.41) is 0. The summed E-state index contributed by atoms with van der Waals surface area (Å²) in [5.41, 5.74) is 3.83. The van der Waals surface area contributed by atoms with Crippen molar-refractivity contribution in [1.29, 1.82) is 0 Å². The van der Waals surface area contributed by atoms with Crippen LogP contribution in [0.2, 0.25) is 0 Å². The van der Waals surface area contributed by atoms with E-state index in [1.165, 1.54) is 0 Å². The largest absolute Gasteiger partial charge is 0.494 e. The van der Waals surface area contributed by atoms with E-state index in [0.717, 1.165) is 59.6 Å². The number of hydrogen-bond acceptors (Lipinski definition) is 6. The van der Waals surface area contributed by atoms with Gasteiger partial charge in [0, 0.05) is 5.56 Å². The minimum Gasteiger partial charge on any atom is -0.494 e. The van der Waals surface area contributed by atoms with Crippen molar-refractivity contribution in [2.24, 2.45) is 0 Å². The first kappa shape index (κ1) is 33.1. The summed E-state index contributed by atoms with van der Waals surface area (Å²) in [4.78, 5) is 12.2. The Morgan fingerprint density at radius 2 is 1.13 bits per heavy atom. The monoisotopic (exact) mass is 606 g/mol. The molecule has 0 fully saturated rings. The number of carbonyl (C=O) groups is 1. The van der Waals surface area contributed by atoms with Gasteiger partial charge >= 0.3 is 0 Å². The lowest BCUT2D eigenvalue weighted by atomic mass is 10.1. The predicted molar refractivity (Wildman–Crippen MR) is 180 cm³/mol. The fourth-order valence-corrected chi connectivity index (χ4v) is 4.40. The van der Waals surface area contributed by atoms with Crippen LogP contribution in [0.1, 0.15) is 48.5 Å². The molecular formula is C39H42O6. The molecule has 4 aromatic rings. The Kier molecular flexibility index (Phi) is 13.8. The SMILES string of the molecule is C=C(C)OCOCCCCCCOc1ccc(-c2ccc(OCCOc3ccc(C=CC(=O)c4ccccc4)cc3)cc2)cc1. The molecule has 0 saturated carbocycles. The Hall–Kier alpha value is -4.81. The minimum absolute atomic E-state index is 0.0220. The molecule has 0 heterocycles. The van der Waals surface area contributed by atoms with Crippen LogP contribution in [0.25, 0.3) is 17.2 Å². The molecule has 0 N–H and O–H groups in total. The molecule has 234 valence electrons. The van der Waals surface area contributed by atoms with Crippen LogP contribution in [0.5, 0.6) is 17.2 Å². The highest BCUT2D eigenvalue weighted by molar-refractivity contribution is 6.06. The summed E-state index contributed by atoms with van der Waals surface area (Å²) in [5.74, 6) is 3.07. The molecule has 0 saturated heterocycles. The Morgan fingerprint density at radius 3 is 1.69 bits per heavy atom. The number of allylic oxidation sites excluding steroid dienone is 2. The number of benzene rings is 4. The normalized spacial score (nSPS) is 10.9. The Balaban J connectivity index is 1.09. The molecule has 4 aromatic carbocycles. The van der Waals surface area contributed by atoms with Gasteiger partial charge in [-0.3, -0.25) is 4.79 Å². The van der Waals surface area contributed by atoms with Gasteiger partial charge in [-0.25, -0.2) is 0 Å². The van der Waals surface area contributed by atoms with Gasteiger partial charge < -0.3 is 23.7 Å². The van der Waals surface area contributed by atoms with E-state index in [1.54, 1.807) is 12.2 Å². The molecule has 0 aliphatic rings. The molecule has 0 atom stereocenters. The van der Waals surface area contributed by atoms with E-state index < -0.39 is 0 Å². The molecule has 0 bridgehead atoms. The molecule has 6 heteroatoms. The highest BCUT2D eigenvalue weighted by Crippen LogP contribution is 2.25. The Bertz CT molecular complexity index is 1460. The van der Waals surface area contributed by atoms with E-state index in [0.29, 0.717) is 37.8 Å². The number of rotatable bonds is 20. The summed E-state index contributed by atoms with van der Waals surface area (Å²) in [6.07, 6.45) is 7.63. The summed E-state index contributed by atoms with van der Waals surface area (Å²) < 4.78 is 28.2. The van der Waals surface area contributed by atoms with Crippen molar-refractivity contribution in [3.8, 4) is 28.4 Å². The molecule has 0 aliphatic carbocycles. The number of carbonyl (C=O) groups excluding carboxylic acids is 1. The van der Waals surface area contributed by atoms with Crippen LogP contribution in [0, 0.1) is 0 Å². The van der Waals surface area contributed by atoms with Crippen molar-refractivity contribution in [3.05, 3.63) is 133 Å². The third-order valence-corrected chi connectivity index (χ3v) is 6.87. The topological polar surface area (TPSA) is 63.2 Å². The van der Waals surface area contributed by atoms with Gasteiger partial charge in [-0.2, -0.15) is 0 Å².